The van der Waals surface area contributed by atoms with Gasteiger partial charge in [-0.1, -0.05) is 50.0 Å². The van der Waals surface area contributed by atoms with Crippen molar-refractivity contribution in [2.75, 3.05) is 0 Å². The molecular weight excluding hydrogens is 192 g/mol. The Kier molecular flexibility index (Phi) is 2.26. The summed E-state index contributed by atoms with van der Waals surface area (Å²) in [5.41, 5.74) is 7.24. The highest BCUT2D eigenvalue weighted by atomic mass is 14.6. The predicted octanol–water partition coefficient (Wildman–Crippen LogP) is 4.97. The van der Waals surface area contributed by atoms with Gasteiger partial charge in [-0.3, -0.25) is 0 Å². The van der Waals surface area contributed by atoms with Crippen LogP contribution in [0.5, 0.6) is 0 Å². The fourth-order valence-corrected chi connectivity index (χ4v) is 4.24. The SMILES string of the molecule is CC1=C(C)C2C1C(C)(C)C(C)=C(C)C2(C)C. The van der Waals surface area contributed by atoms with Gasteiger partial charge >= 0.3 is 0 Å². The molecule has 0 saturated carbocycles. The maximum atomic E-state index is 2.43. The first-order chi connectivity index (χ1) is 7.13. The maximum Gasteiger partial charge on any atom is -0.00408 e. The molecule has 0 aromatic carbocycles. The van der Waals surface area contributed by atoms with Gasteiger partial charge < -0.3 is 0 Å². The molecule has 0 aromatic rings. The summed E-state index contributed by atoms with van der Waals surface area (Å²) < 4.78 is 0. The van der Waals surface area contributed by atoms with Gasteiger partial charge in [0.2, 0.25) is 0 Å². The molecule has 0 saturated heterocycles. The molecule has 2 atom stereocenters. The van der Waals surface area contributed by atoms with Crippen LogP contribution in [0.3, 0.4) is 0 Å². The largest absolute Gasteiger partial charge is 0.0695 e. The molecule has 0 aliphatic heterocycles. The maximum absolute atomic E-state index is 2.43. The summed E-state index contributed by atoms with van der Waals surface area (Å²) >= 11 is 0. The lowest BCUT2D eigenvalue weighted by Crippen LogP contribution is -2.51. The zero-order valence-corrected chi connectivity index (χ0v) is 12.2. The Morgan fingerprint density at radius 1 is 0.625 bits per heavy atom. The van der Waals surface area contributed by atoms with Gasteiger partial charge in [0.1, 0.15) is 0 Å². The van der Waals surface area contributed by atoms with Gasteiger partial charge in [0.15, 0.2) is 0 Å². The van der Waals surface area contributed by atoms with Gasteiger partial charge in [-0.25, -0.2) is 0 Å². The normalized spacial score (nSPS) is 36.0. The van der Waals surface area contributed by atoms with E-state index in [0.717, 1.165) is 11.8 Å². The van der Waals surface area contributed by atoms with Crippen LogP contribution in [0.2, 0.25) is 0 Å². The van der Waals surface area contributed by atoms with E-state index >= 15 is 0 Å². The van der Waals surface area contributed by atoms with Gasteiger partial charge in [0, 0.05) is 0 Å². The highest BCUT2D eigenvalue weighted by Gasteiger charge is 2.55. The minimum Gasteiger partial charge on any atom is -0.0695 e. The molecular formula is C16H26. The second kappa shape index (κ2) is 3.03. The molecule has 2 unspecified atom stereocenters. The number of rotatable bonds is 0. The van der Waals surface area contributed by atoms with Crippen LogP contribution in [-0.2, 0) is 0 Å². The Balaban J connectivity index is 2.63. The second-order valence-corrected chi connectivity index (χ2v) is 7.01. The van der Waals surface area contributed by atoms with Crippen LogP contribution in [0, 0.1) is 22.7 Å². The number of hydrogen-bond acceptors (Lipinski definition) is 0. The lowest BCUT2D eigenvalue weighted by Gasteiger charge is -2.60. The molecule has 2 aliphatic carbocycles. The predicted molar refractivity (Wildman–Crippen MR) is 71.3 cm³/mol. The Morgan fingerprint density at radius 2 is 0.875 bits per heavy atom. The van der Waals surface area contributed by atoms with Crippen molar-refractivity contribution in [2.24, 2.45) is 22.7 Å². The summed E-state index contributed by atoms with van der Waals surface area (Å²) in [4.78, 5) is 0. The van der Waals surface area contributed by atoms with Crippen LogP contribution >= 0.6 is 0 Å². The average Bonchev–Trinajstić information content (AvgIpc) is 2.19. The first-order valence-corrected chi connectivity index (χ1v) is 6.49. The van der Waals surface area contributed by atoms with Gasteiger partial charge in [0.25, 0.3) is 0 Å². The smallest absolute Gasteiger partial charge is 0.00408 e. The van der Waals surface area contributed by atoms with E-state index in [1.165, 1.54) is 0 Å². The van der Waals surface area contributed by atoms with Crippen LogP contribution in [0.25, 0.3) is 0 Å². The molecule has 2 aliphatic rings. The van der Waals surface area contributed by atoms with E-state index in [1.54, 1.807) is 22.3 Å². The van der Waals surface area contributed by atoms with E-state index in [0.29, 0.717) is 10.8 Å². The molecule has 90 valence electrons. The minimum absolute atomic E-state index is 0.355. The van der Waals surface area contributed by atoms with Crippen molar-refractivity contribution in [1.82, 2.24) is 0 Å². The van der Waals surface area contributed by atoms with Crippen LogP contribution in [0.1, 0.15) is 55.4 Å². The third-order valence-corrected chi connectivity index (χ3v) is 5.94. The zero-order valence-electron chi connectivity index (χ0n) is 12.2. The number of allylic oxidation sites excluding steroid dienone is 4. The molecule has 0 heterocycles. The van der Waals surface area contributed by atoms with E-state index in [-0.39, 0.29) is 0 Å². The van der Waals surface area contributed by atoms with E-state index in [1.807, 2.05) is 0 Å². The summed E-state index contributed by atoms with van der Waals surface area (Å²) in [7, 11) is 0. The monoisotopic (exact) mass is 218 g/mol. The van der Waals surface area contributed by atoms with Crippen molar-refractivity contribution in [1.29, 1.82) is 0 Å². The quantitative estimate of drug-likeness (QED) is 0.503. The molecule has 0 fully saturated rings. The minimum atomic E-state index is 0.355. The summed E-state index contributed by atoms with van der Waals surface area (Å²) in [5, 5.41) is 0. The van der Waals surface area contributed by atoms with Crippen molar-refractivity contribution >= 4 is 0 Å². The molecule has 0 amide bonds. The van der Waals surface area contributed by atoms with E-state index < -0.39 is 0 Å². The topological polar surface area (TPSA) is 0 Å². The number of fused-ring (bicyclic) bond motifs is 1. The fraction of sp³-hybridized carbons (Fsp3) is 0.750. The van der Waals surface area contributed by atoms with Gasteiger partial charge in [-0.05, 0) is 50.4 Å². The van der Waals surface area contributed by atoms with Crippen molar-refractivity contribution < 1.29 is 0 Å². The molecule has 0 bridgehead atoms. The Hall–Kier alpha value is -0.520. The molecule has 2 rings (SSSR count). The lowest BCUT2D eigenvalue weighted by molar-refractivity contribution is 0.0846. The van der Waals surface area contributed by atoms with Gasteiger partial charge in [-0.15, -0.1) is 0 Å². The van der Waals surface area contributed by atoms with Crippen LogP contribution in [-0.4, -0.2) is 0 Å². The van der Waals surface area contributed by atoms with Gasteiger partial charge in [-0.2, -0.15) is 0 Å². The standard InChI is InChI=1S/C16H26/c1-9-10(2)14-13(9)15(5,6)11(3)12(4)16(14,7)8/h13-14H,1-8H3. The van der Waals surface area contributed by atoms with Crippen molar-refractivity contribution in [3.8, 4) is 0 Å². The Labute approximate surface area is 101 Å². The van der Waals surface area contributed by atoms with E-state index in [9.17, 15) is 0 Å². The van der Waals surface area contributed by atoms with Gasteiger partial charge in [0.05, 0.1) is 0 Å². The highest BCUT2D eigenvalue weighted by molar-refractivity contribution is 5.44. The molecule has 16 heavy (non-hydrogen) atoms. The first-order valence-electron chi connectivity index (χ1n) is 6.49. The van der Waals surface area contributed by atoms with E-state index in [4.69, 9.17) is 0 Å². The molecule has 0 aromatic heterocycles. The van der Waals surface area contributed by atoms with Crippen molar-refractivity contribution in [3.05, 3.63) is 22.3 Å². The summed E-state index contributed by atoms with van der Waals surface area (Å²) in [6.45, 7) is 19.1. The third kappa shape index (κ3) is 1.11. The van der Waals surface area contributed by atoms with Crippen molar-refractivity contribution in [2.45, 2.75) is 55.4 Å². The first kappa shape index (κ1) is 12.0. The fourth-order valence-electron chi connectivity index (χ4n) is 4.24. The summed E-state index contributed by atoms with van der Waals surface area (Å²) in [6.07, 6.45) is 0. The molecule has 0 spiro atoms. The van der Waals surface area contributed by atoms with Crippen LogP contribution in [0.4, 0.5) is 0 Å². The van der Waals surface area contributed by atoms with E-state index in [2.05, 4.69) is 55.4 Å². The molecule has 0 heteroatoms. The van der Waals surface area contributed by atoms with Crippen LogP contribution < -0.4 is 0 Å². The van der Waals surface area contributed by atoms with Crippen LogP contribution in [0.15, 0.2) is 22.3 Å². The Morgan fingerprint density at radius 3 is 1.12 bits per heavy atom. The van der Waals surface area contributed by atoms with Crippen molar-refractivity contribution in [3.63, 3.8) is 0 Å². The number of hydrogen-bond donors (Lipinski definition) is 0. The highest BCUT2D eigenvalue weighted by Crippen LogP contribution is 2.64. The molecule has 0 N–H and O–H groups in total. The molecule has 0 radical (unpaired) electrons. The summed E-state index contributed by atoms with van der Waals surface area (Å²) in [5.74, 6) is 1.54. The zero-order chi connectivity index (χ0) is 12.5. The summed E-state index contributed by atoms with van der Waals surface area (Å²) in [6, 6.07) is 0. The average molecular weight is 218 g/mol. The second-order valence-electron chi connectivity index (χ2n) is 7.01. The Bertz CT molecular complexity index is 364. The molecule has 0 nitrogen and oxygen atoms in total. The third-order valence-electron chi connectivity index (χ3n) is 5.94. The lowest BCUT2D eigenvalue weighted by atomic mass is 9.44.